The maximum atomic E-state index is 12.1. The molecule has 0 N–H and O–H groups in total. The predicted molar refractivity (Wildman–Crippen MR) is 121 cm³/mol. The van der Waals surface area contributed by atoms with E-state index < -0.39 is 0 Å². The van der Waals surface area contributed by atoms with E-state index in [9.17, 15) is 4.79 Å². The second-order valence-corrected chi connectivity index (χ2v) is 9.05. The molecule has 0 spiro atoms. The lowest BCUT2D eigenvalue weighted by Gasteiger charge is -2.28. The SMILES string of the molecule is CC(=O)N1CCc2c(c(N3CCc4cc(-c5cnn(C)c5)ccc43)nn2[C@@H]2CCOC2)C1. The van der Waals surface area contributed by atoms with Crippen molar-refractivity contribution in [2.75, 3.05) is 31.2 Å². The van der Waals surface area contributed by atoms with Crippen LogP contribution in [0.3, 0.4) is 0 Å². The second-order valence-electron chi connectivity index (χ2n) is 9.05. The monoisotopic (exact) mass is 432 g/mol. The summed E-state index contributed by atoms with van der Waals surface area (Å²) < 4.78 is 9.70. The van der Waals surface area contributed by atoms with Gasteiger partial charge in [0.15, 0.2) is 5.82 Å². The van der Waals surface area contributed by atoms with Gasteiger partial charge in [0.2, 0.25) is 5.91 Å². The highest BCUT2D eigenvalue weighted by Crippen LogP contribution is 2.41. The Labute approximate surface area is 187 Å². The Bertz CT molecular complexity index is 1190. The Morgan fingerprint density at radius 1 is 1.19 bits per heavy atom. The molecule has 1 atom stereocenters. The topological polar surface area (TPSA) is 68.4 Å². The minimum atomic E-state index is 0.126. The summed E-state index contributed by atoms with van der Waals surface area (Å²) in [7, 11) is 1.94. The summed E-state index contributed by atoms with van der Waals surface area (Å²) in [5.41, 5.74) is 7.34. The summed E-state index contributed by atoms with van der Waals surface area (Å²) in [5, 5.41) is 9.45. The van der Waals surface area contributed by atoms with Gasteiger partial charge in [-0.05, 0) is 36.1 Å². The van der Waals surface area contributed by atoms with Gasteiger partial charge in [0, 0.05) is 68.8 Å². The highest BCUT2D eigenvalue weighted by Gasteiger charge is 2.34. The fraction of sp³-hybridized carbons (Fsp3) is 0.458. The molecule has 8 nitrogen and oxygen atoms in total. The molecule has 32 heavy (non-hydrogen) atoms. The van der Waals surface area contributed by atoms with Crippen LogP contribution in [-0.2, 0) is 36.0 Å². The number of benzene rings is 1. The molecule has 0 radical (unpaired) electrons. The van der Waals surface area contributed by atoms with Crippen molar-refractivity contribution in [3.05, 3.63) is 47.4 Å². The lowest BCUT2D eigenvalue weighted by molar-refractivity contribution is -0.129. The molecule has 0 saturated carbocycles. The Morgan fingerprint density at radius 3 is 2.84 bits per heavy atom. The van der Waals surface area contributed by atoms with E-state index in [1.807, 2.05) is 29.0 Å². The highest BCUT2D eigenvalue weighted by molar-refractivity contribution is 5.77. The van der Waals surface area contributed by atoms with E-state index in [4.69, 9.17) is 9.84 Å². The first-order valence-corrected chi connectivity index (χ1v) is 11.4. The fourth-order valence-electron chi connectivity index (χ4n) is 5.30. The minimum Gasteiger partial charge on any atom is -0.379 e. The molecule has 8 heteroatoms. The van der Waals surface area contributed by atoms with Crippen molar-refractivity contribution < 1.29 is 9.53 Å². The molecule has 1 aromatic carbocycles. The number of hydrogen-bond donors (Lipinski definition) is 0. The van der Waals surface area contributed by atoms with E-state index in [0.29, 0.717) is 6.54 Å². The van der Waals surface area contributed by atoms with Crippen LogP contribution in [0.5, 0.6) is 0 Å². The van der Waals surface area contributed by atoms with Crippen LogP contribution in [0.4, 0.5) is 11.5 Å². The van der Waals surface area contributed by atoms with Gasteiger partial charge in [0.1, 0.15) is 0 Å². The summed E-state index contributed by atoms with van der Waals surface area (Å²) in [6, 6.07) is 6.95. The fourth-order valence-corrected chi connectivity index (χ4v) is 5.30. The smallest absolute Gasteiger partial charge is 0.219 e. The van der Waals surface area contributed by atoms with Gasteiger partial charge < -0.3 is 14.5 Å². The summed E-state index contributed by atoms with van der Waals surface area (Å²) in [5.74, 6) is 1.13. The summed E-state index contributed by atoms with van der Waals surface area (Å²) in [6.45, 7) is 5.45. The zero-order valence-corrected chi connectivity index (χ0v) is 18.6. The Kier molecular flexibility index (Phi) is 4.57. The van der Waals surface area contributed by atoms with E-state index in [-0.39, 0.29) is 11.9 Å². The maximum Gasteiger partial charge on any atom is 0.219 e. The number of fused-ring (bicyclic) bond motifs is 2. The zero-order chi connectivity index (χ0) is 21.8. The third-order valence-corrected chi connectivity index (χ3v) is 7.03. The second kappa shape index (κ2) is 7.48. The molecular formula is C24H28N6O2. The number of rotatable bonds is 3. The lowest BCUT2D eigenvalue weighted by atomic mass is 10.0. The summed E-state index contributed by atoms with van der Waals surface area (Å²) in [4.78, 5) is 16.4. The van der Waals surface area contributed by atoms with Gasteiger partial charge >= 0.3 is 0 Å². The van der Waals surface area contributed by atoms with Crippen molar-refractivity contribution in [3.63, 3.8) is 0 Å². The molecule has 1 amide bonds. The molecular weight excluding hydrogens is 404 g/mol. The molecule has 166 valence electrons. The normalized spacial score (nSPS) is 20.0. The molecule has 6 rings (SSSR count). The molecule has 3 aliphatic heterocycles. The van der Waals surface area contributed by atoms with Crippen LogP contribution in [0.2, 0.25) is 0 Å². The van der Waals surface area contributed by atoms with Crippen molar-refractivity contribution in [1.82, 2.24) is 24.5 Å². The largest absolute Gasteiger partial charge is 0.379 e. The van der Waals surface area contributed by atoms with Gasteiger partial charge in [-0.15, -0.1) is 0 Å². The van der Waals surface area contributed by atoms with Crippen LogP contribution < -0.4 is 4.90 Å². The van der Waals surface area contributed by atoms with Gasteiger partial charge in [0.25, 0.3) is 0 Å². The molecule has 3 aliphatic rings. The number of hydrogen-bond acceptors (Lipinski definition) is 5. The minimum absolute atomic E-state index is 0.126. The zero-order valence-electron chi connectivity index (χ0n) is 18.6. The molecule has 2 aromatic heterocycles. The van der Waals surface area contributed by atoms with Crippen molar-refractivity contribution in [2.45, 2.75) is 38.8 Å². The van der Waals surface area contributed by atoms with E-state index in [1.54, 1.807) is 6.92 Å². The number of aromatic nitrogens is 4. The van der Waals surface area contributed by atoms with Gasteiger partial charge in [-0.25, -0.2) is 0 Å². The average molecular weight is 433 g/mol. The van der Waals surface area contributed by atoms with Crippen LogP contribution in [0.15, 0.2) is 30.6 Å². The Morgan fingerprint density at radius 2 is 2.09 bits per heavy atom. The third-order valence-electron chi connectivity index (χ3n) is 7.03. The molecule has 1 saturated heterocycles. The van der Waals surface area contributed by atoms with Crippen LogP contribution in [-0.4, -0.2) is 56.7 Å². The first-order valence-electron chi connectivity index (χ1n) is 11.4. The number of amides is 1. The maximum absolute atomic E-state index is 12.1. The van der Waals surface area contributed by atoms with Crippen molar-refractivity contribution >= 4 is 17.4 Å². The Hall–Kier alpha value is -3.13. The molecule has 0 unspecified atom stereocenters. The number of carbonyl (C=O) groups excluding carboxylic acids is 1. The van der Waals surface area contributed by atoms with Crippen molar-refractivity contribution in [3.8, 4) is 11.1 Å². The van der Waals surface area contributed by atoms with Crippen LogP contribution in [0.25, 0.3) is 11.1 Å². The van der Waals surface area contributed by atoms with Gasteiger partial charge in [-0.2, -0.15) is 10.2 Å². The molecule has 3 aromatic rings. The highest BCUT2D eigenvalue weighted by atomic mass is 16.5. The van der Waals surface area contributed by atoms with Gasteiger partial charge in [0.05, 0.1) is 25.4 Å². The lowest BCUT2D eigenvalue weighted by Crippen LogP contribution is -2.35. The first-order chi connectivity index (χ1) is 15.6. The molecule has 0 aliphatic carbocycles. The predicted octanol–water partition coefficient (Wildman–Crippen LogP) is 2.84. The Balaban J connectivity index is 1.39. The molecule has 1 fully saturated rings. The van der Waals surface area contributed by atoms with Gasteiger partial charge in [-0.1, -0.05) is 6.07 Å². The number of anilines is 2. The van der Waals surface area contributed by atoms with E-state index >= 15 is 0 Å². The van der Waals surface area contributed by atoms with E-state index in [1.165, 1.54) is 28.1 Å². The third kappa shape index (κ3) is 3.12. The number of nitrogens with zero attached hydrogens (tertiary/aromatic N) is 6. The van der Waals surface area contributed by atoms with E-state index in [2.05, 4.69) is 32.9 Å². The van der Waals surface area contributed by atoms with Crippen LogP contribution >= 0.6 is 0 Å². The van der Waals surface area contributed by atoms with Gasteiger partial charge in [-0.3, -0.25) is 14.2 Å². The number of ether oxygens (including phenoxy) is 1. The van der Waals surface area contributed by atoms with E-state index in [0.717, 1.165) is 56.9 Å². The van der Waals surface area contributed by atoms with Crippen molar-refractivity contribution in [2.24, 2.45) is 7.05 Å². The number of carbonyl (C=O) groups is 1. The first kappa shape index (κ1) is 19.5. The molecule has 0 bridgehead atoms. The van der Waals surface area contributed by atoms with Crippen molar-refractivity contribution in [1.29, 1.82) is 0 Å². The average Bonchev–Trinajstić information content (AvgIpc) is 3.58. The van der Waals surface area contributed by atoms with Crippen LogP contribution in [0.1, 0.15) is 36.2 Å². The quantitative estimate of drug-likeness (QED) is 0.637. The molecule has 5 heterocycles. The number of aryl methyl sites for hydroxylation is 1. The van der Waals surface area contributed by atoms with Crippen LogP contribution in [0, 0.1) is 0 Å². The standard InChI is InChI=1S/C24H28N6O2/c1-16(31)28-8-6-23-21(14-28)24(26-30(23)20-7-10-32-15-20)29-9-5-18-11-17(3-4-22(18)29)19-12-25-27(2)13-19/h3-4,11-13,20H,5-10,14-15H2,1-2H3/t20-/m1/s1. The summed E-state index contributed by atoms with van der Waals surface area (Å²) >= 11 is 0. The summed E-state index contributed by atoms with van der Waals surface area (Å²) in [6.07, 6.45) is 6.78.